The van der Waals surface area contributed by atoms with E-state index in [9.17, 15) is 9.90 Å². The second-order valence-electron chi connectivity index (χ2n) is 9.63. The van der Waals surface area contributed by atoms with Crippen LogP contribution in [0.25, 0.3) is 0 Å². The van der Waals surface area contributed by atoms with Gasteiger partial charge in [-0.05, 0) is 73.9 Å². The number of aryl methyl sites for hydroxylation is 1. The maximum Gasteiger partial charge on any atom is 0.258 e. The van der Waals surface area contributed by atoms with E-state index in [4.69, 9.17) is 4.98 Å². The number of aromatic nitrogens is 2. The van der Waals surface area contributed by atoms with Gasteiger partial charge < -0.3 is 20.2 Å². The fourth-order valence-corrected chi connectivity index (χ4v) is 5.18. The van der Waals surface area contributed by atoms with Gasteiger partial charge in [-0.15, -0.1) is 0 Å². The van der Waals surface area contributed by atoms with Crippen molar-refractivity contribution in [1.82, 2.24) is 9.97 Å². The van der Waals surface area contributed by atoms with E-state index in [-0.39, 0.29) is 17.9 Å². The second-order valence-corrected chi connectivity index (χ2v) is 9.63. The summed E-state index contributed by atoms with van der Waals surface area (Å²) >= 11 is 0. The van der Waals surface area contributed by atoms with Crippen LogP contribution in [0.2, 0.25) is 0 Å². The van der Waals surface area contributed by atoms with Crippen molar-refractivity contribution in [1.29, 1.82) is 0 Å². The van der Waals surface area contributed by atoms with Gasteiger partial charge >= 0.3 is 0 Å². The number of benzene rings is 2. The molecule has 1 fully saturated rings. The molecule has 1 unspecified atom stereocenters. The van der Waals surface area contributed by atoms with Gasteiger partial charge in [-0.1, -0.05) is 25.1 Å². The molecule has 7 nitrogen and oxygen atoms in total. The van der Waals surface area contributed by atoms with Gasteiger partial charge in [0.1, 0.15) is 0 Å². The van der Waals surface area contributed by atoms with Gasteiger partial charge in [0.05, 0.1) is 23.7 Å². The van der Waals surface area contributed by atoms with E-state index in [1.165, 1.54) is 5.69 Å². The summed E-state index contributed by atoms with van der Waals surface area (Å²) in [6.07, 6.45) is 4.86. The summed E-state index contributed by atoms with van der Waals surface area (Å²) in [5.74, 6) is 0.723. The number of hydrogen-bond donors (Lipinski definition) is 2. The number of anilines is 4. The lowest BCUT2D eigenvalue weighted by Crippen LogP contribution is -2.35. The molecule has 0 aliphatic carbocycles. The first-order valence-corrected chi connectivity index (χ1v) is 12.5. The Morgan fingerprint density at radius 1 is 1.14 bits per heavy atom. The lowest BCUT2D eigenvalue weighted by Gasteiger charge is -2.32. The second kappa shape index (κ2) is 9.66. The molecule has 7 heteroatoms. The van der Waals surface area contributed by atoms with Crippen LogP contribution in [0.1, 0.15) is 59.3 Å². The third-order valence-electron chi connectivity index (χ3n) is 7.36. The zero-order valence-corrected chi connectivity index (χ0v) is 20.7. The molecule has 0 saturated carbocycles. The normalized spacial score (nSPS) is 18.5. The van der Waals surface area contributed by atoms with Crippen molar-refractivity contribution in [3.8, 4) is 0 Å². The predicted octanol–water partition coefficient (Wildman–Crippen LogP) is 4.82. The number of nitrogens with zero attached hydrogens (tertiary/aromatic N) is 4. The summed E-state index contributed by atoms with van der Waals surface area (Å²) in [6, 6.07) is 14.2. The van der Waals surface area contributed by atoms with Crippen LogP contribution in [-0.2, 0) is 6.42 Å². The minimum absolute atomic E-state index is 0.0269. The third-order valence-corrected chi connectivity index (χ3v) is 7.36. The number of aliphatic hydroxyl groups is 1. The van der Waals surface area contributed by atoms with Crippen molar-refractivity contribution in [3.63, 3.8) is 0 Å². The summed E-state index contributed by atoms with van der Waals surface area (Å²) in [7, 11) is 1.79. The van der Waals surface area contributed by atoms with E-state index >= 15 is 0 Å². The standard InChI is InChI=1S/C28H33N5O2/c1-4-19-16-25-26(32(3)27(35)23-8-6-5-7-22(19)23)17-29-28(31-25)30-24-10-9-20(15-18(24)2)33-13-11-21(34)12-14-33/h5-10,15,17,19,21,34H,4,11-14,16H2,1-3H3,(H,29,30,31). The minimum atomic E-state index is -0.182. The predicted molar refractivity (Wildman–Crippen MR) is 140 cm³/mol. The molecular weight excluding hydrogens is 438 g/mol. The van der Waals surface area contributed by atoms with E-state index in [1.54, 1.807) is 18.1 Å². The molecule has 0 spiro atoms. The molecule has 1 amide bonds. The Hall–Kier alpha value is -3.45. The number of amides is 1. The van der Waals surface area contributed by atoms with Crippen molar-refractivity contribution in [2.45, 2.75) is 51.6 Å². The van der Waals surface area contributed by atoms with Crippen molar-refractivity contribution in [2.24, 2.45) is 0 Å². The fourth-order valence-electron chi connectivity index (χ4n) is 5.18. The first-order chi connectivity index (χ1) is 16.9. The number of carbonyl (C=O) groups excluding carboxylic acids is 1. The van der Waals surface area contributed by atoms with E-state index in [2.05, 4.69) is 53.3 Å². The molecule has 0 radical (unpaired) electrons. The lowest BCUT2D eigenvalue weighted by atomic mass is 9.86. The van der Waals surface area contributed by atoms with Crippen LogP contribution < -0.4 is 15.1 Å². The monoisotopic (exact) mass is 471 g/mol. The van der Waals surface area contributed by atoms with Gasteiger partial charge in [-0.25, -0.2) is 9.97 Å². The molecule has 35 heavy (non-hydrogen) atoms. The number of rotatable bonds is 4. The zero-order valence-electron chi connectivity index (χ0n) is 20.7. The van der Waals surface area contributed by atoms with Crippen LogP contribution in [0.3, 0.4) is 0 Å². The number of piperidine rings is 1. The maximum absolute atomic E-state index is 13.3. The quantitative estimate of drug-likeness (QED) is 0.568. The van der Waals surface area contributed by atoms with Crippen LogP contribution in [0.5, 0.6) is 0 Å². The molecule has 3 heterocycles. The Balaban J connectivity index is 1.41. The Kier molecular flexibility index (Phi) is 6.43. The van der Waals surface area contributed by atoms with Gasteiger partial charge in [-0.3, -0.25) is 4.79 Å². The summed E-state index contributed by atoms with van der Waals surface area (Å²) in [5.41, 5.74) is 6.71. The molecule has 1 aromatic heterocycles. The molecule has 2 aliphatic heterocycles. The Morgan fingerprint density at radius 2 is 1.91 bits per heavy atom. The van der Waals surface area contributed by atoms with Crippen molar-refractivity contribution >= 4 is 28.9 Å². The Morgan fingerprint density at radius 3 is 2.66 bits per heavy atom. The number of carbonyl (C=O) groups is 1. The number of nitrogens with one attached hydrogen (secondary N) is 1. The van der Waals surface area contributed by atoms with Crippen LogP contribution in [0.15, 0.2) is 48.7 Å². The molecule has 2 N–H and O–H groups in total. The number of fused-ring (bicyclic) bond motifs is 2. The first kappa shape index (κ1) is 23.3. The molecule has 0 bridgehead atoms. The summed E-state index contributed by atoms with van der Waals surface area (Å²) in [5, 5.41) is 13.2. The molecule has 5 rings (SSSR count). The van der Waals surface area contributed by atoms with Crippen molar-refractivity contribution in [2.75, 3.05) is 35.3 Å². The van der Waals surface area contributed by atoms with E-state index in [1.807, 2.05) is 18.2 Å². The van der Waals surface area contributed by atoms with Gasteiger partial charge in [0.25, 0.3) is 5.91 Å². The molecule has 1 atom stereocenters. The summed E-state index contributed by atoms with van der Waals surface area (Å²) in [6.45, 7) is 5.98. The summed E-state index contributed by atoms with van der Waals surface area (Å²) < 4.78 is 0. The zero-order chi connectivity index (χ0) is 24.5. The van der Waals surface area contributed by atoms with Crippen LogP contribution >= 0.6 is 0 Å². The SMILES string of the molecule is CCC1Cc2nc(Nc3ccc(N4CCC(O)CC4)cc3C)ncc2N(C)C(=O)c2ccccc21. The minimum Gasteiger partial charge on any atom is -0.393 e. The third kappa shape index (κ3) is 4.60. The van der Waals surface area contributed by atoms with Crippen LogP contribution in [0, 0.1) is 6.92 Å². The molecular formula is C28H33N5O2. The summed E-state index contributed by atoms with van der Waals surface area (Å²) in [4.78, 5) is 26.7. The van der Waals surface area contributed by atoms with E-state index < -0.39 is 0 Å². The van der Waals surface area contributed by atoms with Gasteiger partial charge in [0.15, 0.2) is 0 Å². The molecule has 2 aromatic carbocycles. The molecule has 3 aromatic rings. The lowest BCUT2D eigenvalue weighted by molar-refractivity contribution is 0.0990. The molecule has 1 saturated heterocycles. The largest absolute Gasteiger partial charge is 0.393 e. The first-order valence-electron chi connectivity index (χ1n) is 12.5. The highest BCUT2D eigenvalue weighted by Crippen LogP contribution is 2.35. The van der Waals surface area contributed by atoms with Crippen LogP contribution in [-0.4, -0.2) is 47.2 Å². The average Bonchev–Trinajstić information content (AvgIpc) is 2.87. The highest BCUT2D eigenvalue weighted by Gasteiger charge is 2.28. The van der Waals surface area contributed by atoms with E-state index in [0.29, 0.717) is 5.95 Å². The number of hydrogen-bond acceptors (Lipinski definition) is 6. The van der Waals surface area contributed by atoms with Gasteiger partial charge in [-0.2, -0.15) is 0 Å². The van der Waals surface area contributed by atoms with Gasteiger partial charge in [0.2, 0.25) is 5.95 Å². The Bertz CT molecular complexity index is 1240. The fraction of sp³-hybridized carbons (Fsp3) is 0.393. The average molecular weight is 472 g/mol. The smallest absolute Gasteiger partial charge is 0.258 e. The topological polar surface area (TPSA) is 81.6 Å². The molecule has 182 valence electrons. The maximum atomic E-state index is 13.3. The highest BCUT2D eigenvalue weighted by molar-refractivity contribution is 6.07. The number of aliphatic hydroxyl groups excluding tert-OH is 1. The van der Waals surface area contributed by atoms with Gasteiger partial charge in [0, 0.05) is 37.1 Å². The highest BCUT2D eigenvalue weighted by atomic mass is 16.3. The van der Waals surface area contributed by atoms with Crippen molar-refractivity contribution < 1.29 is 9.90 Å². The van der Waals surface area contributed by atoms with Crippen molar-refractivity contribution in [3.05, 3.63) is 71.0 Å². The Labute approximate surface area is 206 Å². The molecule has 2 aliphatic rings. The van der Waals surface area contributed by atoms with E-state index in [0.717, 1.165) is 72.5 Å². The van der Waals surface area contributed by atoms with Crippen LogP contribution in [0.4, 0.5) is 23.0 Å².